The highest BCUT2D eigenvalue weighted by molar-refractivity contribution is 5.76. The number of ether oxygens (including phenoxy) is 1. The Kier molecular flexibility index (Phi) is 5.76. The number of carbonyl (C=O) groups excluding carboxylic acids is 1. The van der Waals surface area contributed by atoms with E-state index in [9.17, 15) is 4.79 Å². The Morgan fingerprint density at radius 3 is 2.86 bits per heavy atom. The molecule has 0 aliphatic rings. The van der Waals surface area contributed by atoms with Crippen molar-refractivity contribution in [1.82, 2.24) is 10.3 Å². The van der Waals surface area contributed by atoms with E-state index in [-0.39, 0.29) is 5.91 Å². The number of pyridine rings is 1. The number of aromatic nitrogens is 1. The molecule has 1 N–H and O–H groups in total. The molecule has 1 heterocycles. The zero-order chi connectivity index (χ0) is 14.9. The normalized spacial score (nSPS) is 10.1. The van der Waals surface area contributed by atoms with Crippen molar-refractivity contribution in [2.24, 2.45) is 0 Å². The first kappa shape index (κ1) is 15.0. The number of nitrogens with one attached hydrogen (secondary N) is 1. The molecular formula is C17H20N2O2. The molecule has 0 saturated heterocycles. The van der Waals surface area contributed by atoms with Crippen molar-refractivity contribution in [3.8, 4) is 5.75 Å². The molecule has 0 saturated carbocycles. The van der Waals surface area contributed by atoms with Gasteiger partial charge >= 0.3 is 0 Å². The lowest BCUT2D eigenvalue weighted by Gasteiger charge is -2.11. The van der Waals surface area contributed by atoms with Gasteiger partial charge in [-0.2, -0.15) is 0 Å². The molecule has 2 aromatic rings. The summed E-state index contributed by atoms with van der Waals surface area (Å²) < 4.78 is 5.54. The van der Waals surface area contributed by atoms with Gasteiger partial charge in [0.25, 0.3) is 0 Å². The van der Waals surface area contributed by atoms with Crippen LogP contribution in [0.3, 0.4) is 0 Å². The summed E-state index contributed by atoms with van der Waals surface area (Å²) in [6.45, 7) is 3.05. The molecule has 21 heavy (non-hydrogen) atoms. The summed E-state index contributed by atoms with van der Waals surface area (Å²) in [5, 5.41) is 2.93. The molecule has 0 radical (unpaired) electrons. The van der Waals surface area contributed by atoms with Crippen LogP contribution in [0.25, 0.3) is 0 Å². The zero-order valence-corrected chi connectivity index (χ0v) is 12.2. The number of hydrogen-bond donors (Lipinski definition) is 1. The van der Waals surface area contributed by atoms with Crippen LogP contribution in [0.1, 0.15) is 24.5 Å². The summed E-state index contributed by atoms with van der Waals surface area (Å²) in [6.07, 6.45) is 4.68. The fraction of sp³-hybridized carbons (Fsp3) is 0.294. The van der Waals surface area contributed by atoms with E-state index in [2.05, 4.69) is 10.3 Å². The minimum absolute atomic E-state index is 0.0326. The summed E-state index contributed by atoms with van der Waals surface area (Å²) in [5.41, 5.74) is 2.07. The summed E-state index contributed by atoms with van der Waals surface area (Å²) >= 11 is 0. The van der Waals surface area contributed by atoms with Crippen molar-refractivity contribution in [2.75, 3.05) is 6.61 Å². The number of nitrogens with zero attached hydrogens (tertiary/aromatic N) is 1. The molecule has 1 amide bonds. The molecule has 1 aromatic carbocycles. The van der Waals surface area contributed by atoms with Crippen molar-refractivity contribution in [3.05, 3.63) is 59.9 Å². The number of benzene rings is 1. The SMILES string of the molecule is CCOc1ccccc1CNC(=O)CCc1cccnc1. The van der Waals surface area contributed by atoms with E-state index in [0.29, 0.717) is 26.0 Å². The molecule has 0 bridgehead atoms. The van der Waals surface area contributed by atoms with Gasteiger partial charge in [-0.3, -0.25) is 9.78 Å². The summed E-state index contributed by atoms with van der Waals surface area (Å²) in [4.78, 5) is 15.9. The van der Waals surface area contributed by atoms with Crippen LogP contribution in [-0.2, 0) is 17.8 Å². The van der Waals surface area contributed by atoms with Crippen LogP contribution >= 0.6 is 0 Å². The number of hydrogen-bond acceptors (Lipinski definition) is 3. The van der Waals surface area contributed by atoms with Gasteiger partial charge in [0, 0.05) is 30.9 Å². The molecule has 0 atom stereocenters. The Labute approximate surface area is 125 Å². The molecule has 0 aliphatic heterocycles. The van der Waals surface area contributed by atoms with E-state index in [4.69, 9.17) is 4.74 Å². The minimum atomic E-state index is 0.0326. The highest BCUT2D eigenvalue weighted by Crippen LogP contribution is 2.17. The van der Waals surface area contributed by atoms with E-state index in [1.807, 2.05) is 43.3 Å². The third-order valence-electron chi connectivity index (χ3n) is 3.11. The number of para-hydroxylation sites is 1. The topological polar surface area (TPSA) is 51.2 Å². The lowest BCUT2D eigenvalue weighted by atomic mass is 10.1. The van der Waals surface area contributed by atoms with Crippen LogP contribution in [-0.4, -0.2) is 17.5 Å². The molecule has 1 aromatic heterocycles. The maximum atomic E-state index is 11.9. The van der Waals surface area contributed by atoms with E-state index in [1.54, 1.807) is 12.4 Å². The summed E-state index contributed by atoms with van der Waals surface area (Å²) in [5.74, 6) is 0.859. The van der Waals surface area contributed by atoms with Gasteiger partial charge in [0.1, 0.15) is 5.75 Å². The monoisotopic (exact) mass is 284 g/mol. The number of aryl methyl sites for hydroxylation is 1. The molecular weight excluding hydrogens is 264 g/mol. The van der Waals surface area contributed by atoms with Crippen LogP contribution in [0, 0.1) is 0 Å². The zero-order valence-electron chi connectivity index (χ0n) is 12.2. The standard InChI is InChI=1S/C17H20N2O2/c1-2-21-16-8-4-3-7-15(16)13-19-17(20)10-9-14-6-5-11-18-12-14/h3-8,11-12H,2,9-10,13H2,1H3,(H,19,20). The van der Waals surface area contributed by atoms with Gasteiger partial charge in [-0.15, -0.1) is 0 Å². The molecule has 0 fully saturated rings. The van der Waals surface area contributed by atoms with Gasteiger partial charge in [0.2, 0.25) is 5.91 Å². The molecule has 110 valence electrons. The summed E-state index contributed by atoms with van der Waals surface area (Å²) in [6, 6.07) is 11.6. The maximum absolute atomic E-state index is 11.9. The van der Waals surface area contributed by atoms with Gasteiger partial charge in [-0.05, 0) is 31.0 Å². The van der Waals surface area contributed by atoms with Gasteiger partial charge in [-0.1, -0.05) is 24.3 Å². The Morgan fingerprint density at radius 1 is 1.24 bits per heavy atom. The Balaban J connectivity index is 1.81. The smallest absolute Gasteiger partial charge is 0.220 e. The van der Waals surface area contributed by atoms with Gasteiger partial charge in [-0.25, -0.2) is 0 Å². The third-order valence-corrected chi connectivity index (χ3v) is 3.11. The second-order valence-electron chi connectivity index (χ2n) is 4.68. The minimum Gasteiger partial charge on any atom is -0.494 e. The fourth-order valence-electron chi connectivity index (χ4n) is 2.03. The second kappa shape index (κ2) is 8.04. The lowest BCUT2D eigenvalue weighted by Crippen LogP contribution is -2.23. The molecule has 0 spiro atoms. The first-order valence-electron chi connectivity index (χ1n) is 7.16. The van der Waals surface area contributed by atoms with Gasteiger partial charge < -0.3 is 10.1 Å². The van der Waals surface area contributed by atoms with Crippen molar-refractivity contribution in [2.45, 2.75) is 26.3 Å². The van der Waals surface area contributed by atoms with Crippen molar-refractivity contribution < 1.29 is 9.53 Å². The largest absolute Gasteiger partial charge is 0.494 e. The van der Waals surface area contributed by atoms with Crippen LogP contribution < -0.4 is 10.1 Å². The van der Waals surface area contributed by atoms with Crippen LogP contribution in [0.15, 0.2) is 48.8 Å². The maximum Gasteiger partial charge on any atom is 0.220 e. The van der Waals surface area contributed by atoms with Crippen LogP contribution in [0.5, 0.6) is 5.75 Å². The van der Waals surface area contributed by atoms with E-state index >= 15 is 0 Å². The highest BCUT2D eigenvalue weighted by Gasteiger charge is 2.06. The van der Waals surface area contributed by atoms with Crippen LogP contribution in [0.4, 0.5) is 0 Å². The predicted molar refractivity (Wildman–Crippen MR) is 82.0 cm³/mol. The number of rotatable bonds is 7. The second-order valence-corrected chi connectivity index (χ2v) is 4.68. The van der Waals surface area contributed by atoms with Crippen molar-refractivity contribution >= 4 is 5.91 Å². The molecule has 4 heteroatoms. The van der Waals surface area contributed by atoms with Crippen molar-refractivity contribution in [3.63, 3.8) is 0 Å². The average Bonchev–Trinajstić information content (AvgIpc) is 2.53. The number of carbonyl (C=O) groups is 1. The fourth-order valence-corrected chi connectivity index (χ4v) is 2.03. The Hall–Kier alpha value is -2.36. The molecule has 4 nitrogen and oxygen atoms in total. The highest BCUT2D eigenvalue weighted by atomic mass is 16.5. The van der Waals surface area contributed by atoms with E-state index in [0.717, 1.165) is 16.9 Å². The first-order valence-corrected chi connectivity index (χ1v) is 7.16. The van der Waals surface area contributed by atoms with Gasteiger partial charge in [0.15, 0.2) is 0 Å². The van der Waals surface area contributed by atoms with Crippen LogP contribution in [0.2, 0.25) is 0 Å². The third kappa shape index (κ3) is 4.91. The quantitative estimate of drug-likeness (QED) is 0.850. The van der Waals surface area contributed by atoms with Crippen molar-refractivity contribution in [1.29, 1.82) is 0 Å². The molecule has 0 unspecified atom stereocenters. The summed E-state index contributed by atoms with van der Waals surface area (Å²) in [7, 11) is 0. The lowest BCUT2D eigenvalue weighted by molar-refractivity contribution is -0.121. The van der Waals surface area contributed by atoms with Gasteiger partial charge in [0.05, 0.1) is 6.61 Å². The number of amides is 1. The average molecular weight is 284 g/mol. The predicted octanol–water partition coefficient (Wildman–Crippen LogP) is 2.73. The first-order chi connectivity index (χ1) is 10.3. The molecule has 2 rings (SSSR count). The van der Waals surface area contributed by atoms with E-state index < -0.39 is 0 Å². The molecule has 0 aliphatic carbocycles. The van der Waals surface area contributed by atoms with E-state index in [1.165, 1.54) is 0 Å². The Morgan fingerprint density at radius 2 is 2.10 bits per heavy atom. The Bertz CT molecular complexity index is 570.